The number of nitrogens with two attached hydrogens (primary N) is 1. The molecule has 3 heteroatoms. The Morgan fingerprint density at radius 3 is 2.64 bits per heavy atom. The monoisotopic (exact) mass is 227 g/mol. The normalized spacial score (nSPS) is 12.7. The van der Waals surface area contributed by atoms with Gasteiger partial charge >= 0.3 is 0 Å². The fraction of sp³-hybridized carbons (Fsp3) is 0.455. The van der Waals surface area contributed by atoms with Gasteiger partial charge in [-0.15, -0.1) is 0 Å². The first kappa shape index (κ1) is 12.0. The molecule has 0 spiro atoms. The average Bonchev–Trinajstić information content (AvgIpc) is 2.25. The molecule has 0 saturated heterocycles. The molecular formula is C11H17NS2. The van der Waals surface area contributed by atoms with Crippen molar-refractivity contribution in [1.29, 1.82) is 0 Å². The average molecular weight is 227 g/mol. The summed E-state index contributed by atoms with van der Waals surface area (Å²) in [4.78, 5) is 0. The van der Waals surface area contributed by atoms with Crippen LogP contribution in [0.25, 0.3) is 0 Å². The fourth-order valence-corrected chi connectivity index (χ4v) is 2.31. The second-order valence-electron chi connectivity index (χ2n) is 3.27. The van der Waals surface area contributed by atoms with E-state index < -0.39 is 0 Å². The van der Waals surface area contributed by atoms with Gasteiger partial charge in [-0.05, 0) is 17.7 Å². The van der Waals surface area contributed by atoms with Gasteiger partial charge in [-0.1, -0.05) is 30.3 Å². The van der Waals surface area contributed by atoms with E-state index in [1.54, 1.807) is 0 Å². The molecule has 0 aliphatic carbocycles. The Kier molecular flexibility index (Phi) is 6.15. The summed E-state index contributed by atoms with van der Waals surface area (Å²) in [5, 5.41) is 0. The number of benzene rings is 1. The van der Waals surface area contributed by atoms with Gasteiger partial charge in [0.15, 0.2) is 0 Å². The number of hydrogen-bond donors (Lipinski definition) is 2. The minimum atomic E-state index is 0.251. The van der Waals surface area contributed by atoms with Crippen molar-refractivity contribution in [3.63, 3.8) is 0 Å². The molecule has 1 nitrogen and oxygen atoms in total. The third kappa shape index (κ3) is 4.94. The van der Waals surface area contributed by atoms with Crippen LogP contribution in [0.2, 0.25) is 0 Å². The van der Waals surface area contributed by atoms with Gasteiger partial charge in [-0.3, -0.25) is 0 Å². The van der Waals surface area contributed by atoms with Gasteiger partial charge in [0, 0.05) is 17.5 Å². The van der Waals surface area contributed by atoms with E-state index in [1.807, 2.05) is 17.8 Å². The van der Waals surface area contributed by atoms with Crippen molar-refractivity contribution in [2.75, 3.05) is 11.5 Å². The molecule has 0 aromatic heterocycles. The van der Waals surface area contributed by atoms with Crippen LogP contribution in [0.5, 0.6) is 0 Å². The van der Waals surface area contributed by atoms with Crippen molar-refractivity contribution in [1.82, 2.24) is 0 Å². The largest absolute Gasteiger partial charge is 0.327 e. The maximum absolute atomic E-state index is 5.76. The van der Waals surface area contributed by atoms with Crippen molar-refractivity contribution in [2.45, 2.75) is 18.2 Å². The van der Waals surface area contributed by atoms with Crippen molar-refractivity contribution < 1.29 is 0 Å². The molecule has 0 fully saturated rings. The van der Waals surface area contributed by atoms with Crippen molar-refractivity contribution in [2.24, 2.45) is 5.73 Å². The lowest BCUT2D eigenvalue weighted by Gasteiger charge is -2.07. The number of thioether (sulfide) groups is 1. The molecule has 0 aliphatic heterocycles. The molecule has 1 aromatic carbocycles. The lowest BCUT2D eigenvalue weighted by atomic mass is 10.2. The van der Waals surface area contributed by atoms with Gasteiger partial charge in [0.1, 0.15) is 0 Å². The quantitative estimate of drug-likeness (QED) is 0.577. The Balaban J connectivity index is 2.10. The molecule has 0 aliphatic rings. The van der Waals surface area contributed by atoms with Crippen LogP contribution in [0.4, 0.5) is 0 Å². The molecule has 14 heavy (non-hydrogen) atoms. The second-order valence-corrected chi connectivity index (χ2v) is 4.74. The maximum atomic E-state index is 5.76. The van der Waals surface area contributed by atoms with Crippen LogP contribution in [0.15, 0.2) is 30.3 Å². The molecule has 0 radical (unpaired) electrons. The predicted octanol–water partition coefficient (Wildman–Crippen LogP) is 2.57. The molecule has 1 rings (SSSR count). The summed E-state index contributed by atoms with van der Waals surface area (Å²) in [6.07, 6.45) is 1.06. The van der Waals surface area contributed by atoms with Crippen LogP contribution in [0, 0.1) is 0 Å². The van der Waals surface area contributed by atoms with Crippen LogP contribution >= 0.6 is 24.4 Å². The number of hydrogen-bond acceptors (Lipinski definition) is 3. The van der Waals surface area contributed by atoms with Gasteiger partial charge in [-0.25, -0.2) is 0 Å². The van der Waals surface area contributed by atoms with Crippen molar-refractivity contribution in [3.8, 4) is 0 Å². The Labute approximate surface area is 95.9 Å². The molecular weight excluding hydrogens is 210 g/mol. The summed E-state index contributed by atoms with van der Waals surface area (Å²) in [5.41, 5.74) is 7.15. The lowest BCUT2D eigenvalue weighted by Crippen LogP contribution is -2.22. The highest BCUT2D eigenvalue weighted by Gasteiger charge is 1.99. The predicted molar refractivity (Wildman–Crippen MR) is 69.0 cm³/mol. The zero-order valence-corrected chi connectivity index (χ0v) is 9.94. The highest BCUT2D eigenvalue weighted by atomic mass is 32.2. The van der Waals surface area contributed by atoms with Gasteiger partial charge in [0.05, 0.1) is 0 Å². The third-order valence-electron chi connectivity index (χ3n) is 1.98. The SMILES string of the molecule is N[C@H](CS)CCSCc1ccccc1. The van der Waals surface area contributed by atoms with E-state index in [-0.39, 0.29) is 6.04 Å². The fourth-order valence-electron chi connectivity index (χ4n) is 1.09. The van der Waals surface area contributed by atoms with Gasteiger partial charge in [-0.2, -0.15) is 24.4 Å². The highest BCUT2D eigenvalue weighted by Crippen LogP contribution is 2.13. The minimum absolute atomic E-state index is 0.251. The van der Waals surface area contributed by atoms with Gasteiger partial charge in [0.25, 0.3) is 0 Å². The summed E-state index contributed by atoms with van der Waals surface area (Å²) in [6, 6.07) is 10.8. The smallest absolute Gasteiger partial charge is 0.0184 e. The highest BCUT2D eigenvalue weighted by molar-refractivity contribution is 7.98. The Morgan fingerprint density at radius 1 is 1.29 bits per heavy atom. The molecule has 2 N–H and O–H groups in total. The summed E-state index contributed by atoms with van der Waals surface area (Å²) in [5.74, 6) is 2.99. The first-order valence-electron chi connectivity index (χ1n) is 4.81. The Morgan fingerprint density at radius 2 is 2.00 bits per heavy atom. The maximum Gasteiger partial charge on any atom is 0.0184 e. The molecule has 1 atom stereocenters. The first-order valence-corrected chi connectivity index (χ1v) is 6.59. The van der Waals surface area contributed by atoms with E-state index in [1.165, 1.54) is 5.56 Å². The standard InChI is InChI=1S/C11H17NS2/c12-11(8-13)6-7-14-9-10-4-2-1-3-5-10/h1-5,11,13H,6-9,12H2/t11-/m0/s1. The molecule has 0 saturated carbocycles. The molecule has 0 bridgehead atoms. The third-order valence-corrected chi connectivity index (χ3v) is 3.51. The van der Waals surface area contributed by atoms with Crippen LogP contribution in [0.3, 0.4) is 0 Å². The lowest BCUT2D eigenvalue weighted by molar-refractivity contribution is 0.733. The number of thiol groups is 1. The van der Waals surface area contributed by atoms with Gasteiger partial charge in [0.2, 0.25) is 0 Å². The molecule has 0 amide bonds. The van der Waals surface area contributed by atoms with Crippen molar-refractivity contribution >= 4 is 24.4 Å². The zero-order chi connectivity index (χ0) is 10.2. The molecule has 0 unspecified atom stereocenters. The van der Waals surface area contributed by atoms with E-state index in [4.69, 9.17) is 5.73 Å². The summed E-state index contributed by atoms with van der Waals surface area (Å²) >= 11 is 6.09. The minimum Gasteiger partial charge on any atom is -0.327 e. The van der Waals surface area contributed by atoms with E-state index in [0.717, 1.165) is 23.7 Å². The Bertz CT molecular complexity index is 238. The number of rotatable bonds is 6. The molecule has 0 heterocycles. The topological polar surface area (TPSA) is 26.0 Å². The second kappa shape index (κ2) is 7.21. The van der Waals surface area contributed by atoms with E-state index in [2.05, 4.69) is 36.9 Å². The van der Waals surface area contributed by atoms with E-state index in [9.17, 15) is 0 Å². The zero-order valence-electron chi connectivity index (χ0n) is 8.23. The van der Waals surface area contributed by atoms with Gasteiger partial charge < -0.3 is 5.73 Å². The van der Waals surface area contributed by atoms with E-state index in [0.29, 0.717) is 0 Å². The van der Waals surface area contributed by atoms with Crippen LogP contribution in [-0.4, -0.2) is 17.5 Å². The van der Waals surface area contributed by atoms with Crippen LogP contribution < -0.4 is 5.73 Å². The van der Waals surface area contributed by atoms with E-state index >= 15 is 0 Å². The summed E-state index contributed by atoms with van der Waals surface area (Å²) in [6.45, 7) is 0. The molecule has 1 aromatic rings. The first-order chi connectivity index (χ1) is 6.83. The van der Waals surface area contributed by atoms with Crippen LogP contribution in [0.1, 0.15) is 12.0 Å². The summed E-state index contributed by atoms with van der Waals surface area (Å²) in [7, 11) is 0. The van der Waals surface area contributed by atoms with Crippen molar-refractivity contribution in [3.05, 3.63) is 35.9 Å². The van der Waals surface area contributed by atoms with Crippen LogP contribution in [-0.2, 0) is 5.75 Å². The molecule has 78 valence electrons. The summed E-state index contributed by atoms with van der Waals surface area (Å²) < 4.78 is 0. The Hall–Kier alpha value is -0.120.